The van der Waals surface area contributed by atoms with Crippen molar-refractivity contribution in [2.45, 2.75) is 71.9 Å². The number of anilines is 3. The zero-order valence-electron chi connectivity index (χ0n) is 25.1. The Morgan fingerprint density at radius 3 is 2.12 bits per heavy atom. The predicted octanol–water partition coefficient (Wildman–Crippen LogP) is 4.46. The molecule has 0 saturated carbocycles. The fourth-order valence-corrected chi connectivity index (χ4v) is 5.33. The smallest absolute Gasteiger partial charge is 0.415 e. The highest BCUT2D eigenvalue weighted by molar-refractivity contribution is 5.96. The van der Waals surface area contributed by atoms with Crippen molar-refractivity contribution in [3.8, 4) is 5.75 Å². The third-order valence-electron chi connectivity index (χ3n) is 7.70. The zero-order valence-corrected chi connectivity index (χ0v) is 25.1. The number of carboxylic acid groups (broad SMARTS) is 1. The Balaban J connectivity index is 1.58. The number of benzene rings is 1. The molecule has 42 heavy (non-hydrogen) atoms. The molecule has 1 aromatic carbocycles. The van der Waals surface area contributed by atoms with Gasteiger partial charge in [-0.2, -0.15) is 4.98 Å². The molecule has 1 atom stereocenters. The molecule has 0 aliphatic carbocycles. The number of amides is 3. The van der Waals surface area contributed by atoms with Gasteiger partial charge in [0.1, 0.15) is 17.5 Å². The molecule has 3 amide bonds. The average molecular weight is 582 g/mol. The van der Waals surface area contributed by atoms with E-state index >= 15 is 0 Å². The summed E-state index contributed by atoms with van der Waals surface area (Å²) in [5.74, 6) is 0.0921. The van der Waals surface area contributed by atoms with E-state index in [-0.39, 0.29) is 30.4 Å². The molecular weight excluding hydrogens is 538 g/mol. The number of rotatable bonds is 11. The van der Waals surface area contributed by atoms with E-state index < -0.39 is 12.0 Å². The molecule has 2 aliphatic heterocycles. The predicted molar refractivity (Wildman–Crippen MR) is 161 cm³/mol. The normalized spacial score (nSPS) is 15.5. The third-order valence-corrected chi connectivity index (χ3v) is 7.70. The number of ether oxygens (including phenoxy) is 1. The van der Waals surface area contributed by atoms with Gasteiger partial charge in [0, 0.05) is 51.7 Å². The van der Waals surface area contributed by atoms with Crippen LogP contribution in [-0.2, 0) is 11.2 Å². The van der Waals surface area contributed by atoms with Crippen LogP contribution in [0.2, 0.25) is 0 Å². The fourth-order valence-electron chi connectivity index (χ4n) is 5.33. The van der Waals surface area contributed by atoms with Gasteiger partial charge in [-0.15, -0.1) is 0 Å². The SMILES string of the molecule is CCN(CC)c1ncc(N(C(=O)N2CCCC2)C(C)C)c(N[C@@H](Cc2ccc(OC(=O)N3CCCC3)cc2)C(=O)O)n1. The summed E-state index contributed by atoms with van der Waals surface area (Å²) in [6, 6.07) is 5.46. The van der Waals surface area contributed by atoms with Gasteiger partial charge in [0.25, 0.3) is 0 Å². The van der Waals surface area contributed by atoms with Crippen LogP contribution in [0.1, 0.15) is 58.9 Å². The third kappa shape index (κ3) is 7.40. The average Bonchev–Trinajstić information content (AvgIpc) is 3.70. The van der Waals surface area contributed by atoms with Crippen LogP contribution in [0.5, 0.6) is 5.75 Å². The first-order chi connectivity index (χ1) is 20.2. The molecule has 1 aromatic heterocycles. The summed E-state index contributed by atoms with van der Waals surface area (Å²) in [6.07, 6.45) is 5.24. The lowest BCUT2D eigenvalue weighted by Crippen LogP contribution is -2.46. The van der Waals surface area contributed by atoms with Crippen LogP contribution in [0, 0.1) is 0 Å². The monoisotopic (exact) mass is 581 g/mol. The minimum Gasteiger partial charge on any atom is -0.480 e. The number of aliphatic carboxylic acids is 1. The van der Waals surface area contributed by atoms with E-state index in [4.69, 9.17) is 9.72 Å². The van der Waals surface area contributed by atoms with Crippen molar-refractivity contribution >= 4 is 35.5 Å². The number of aromatic nitrogens is 2. The van der Waals surface area contributed by atoms with Crippen LogP contribution in [0.4, 0.5) is 27.0 Å². The summed E-state index contributed by atoms with van der Waals surface area (Å²) in [5, 5.41) is 13.3. The molecule has 0 spiro atoms. The summed E-state index contributed by atoms with van der Waals surface area (Å²) < 4.78 is 5.48. The van der Waals surface area contributed by atoms with Crippen LogP contribution in [0.3, 0.4) is 0 Å². The van der Waals surface area contributed by atoms with Crippen molar-refractivity contribution in [3.05, 3.63) is 36.0 Å². The summed E-state index contributed by atoms with van der Waals surface area (Å²) in [4.78, 5) is 54.8. The Bertz CT molecular complexity index is 1220. The number of nitrogens with zero attached hydrogens (tertiary/aromatic N) is 6. The maximum Gasteiger partial charge on any atom is 0.415 e. The maximum atomic E-state index is 13.6. The first-order valence-corrected chi connectivity index (χ1v) is 15.0. The lowest BCUT2D eigenvalue weighted by molar-refractivity contribution is -0.137. The number of carboxylic acids is 1. The topological polar surface area (TPSA) is 131 Å². The zero-order chi connectivity index (χ0) is 30.2. The molecule has 2 aromatic rings. The maximum absolute atomic E-state index is 13.6. The molecule has 0 unspecified atom stereocenters. The molecule has 228 valence electrons. The van der Waals surface area contributed by atoms with Crippen molar-refractivity contribution < 1.29 is 24.2 Å². The molecule has 0 bridgehead atoms. The van der Waals surface area contributed by atoms with Crippen LogP contribution >= 0.6 is 0 Å². The van der Waals surface area contributed by atoms with E-state index in [9.17, 15) is 19.5 Å². The summed E-state index contributed by atoms with van der Waals surface area (Å²) in [7, 11) is 0. The fraction of sp³-hybridized carbons (Fsp3) is 0.567. The Morgan fingerprint density at radius 2 is 1.57 bits per heavy atom. The molecule has 2 fully saturated rings. The highest BCUT2D eigenvalue weighted by atomic mass is 16.6. The second-order valence-corrected chi connectivity index (χ2v) is 11.0. The van der Waals surface area contributed by atoms with Gasteiger partial charge in [0.15, 0.2) is 5.82 Å². The van der Waals surface area contributed by atoms with E-state index in [0.29, 0.717) is 56.7 Å². The molecule has 3 heterocycles. The molecule has 2 aliphatic rings. The lowest BCUT2D eigenvalue weighted by atomic mass is 10.1. The van der Waals surface area contributed by atoms with Crippen molar-refractivity contribution in [1.29, 1.82) is 0 Å². The standard InChI is InChI=1S/C30H43N7O5/c1-5-34(6-2)28-31-20-25(37(21(3)4)29(40)35-15-7-8-16-35)26(33-28)32-24(27(38)39)19-22-11-13-23(14-12-22)42-30(41)36-17-9-10-18-36/h11-14,20-21,24H,5-10,15-19H2,1-4H3,(H,38,39)(H,31,32,33)/t24-/m0/s1. The molecule has 4 rings (SSSR count). The Kier molecular flexibility index (Phi) is 10.4. The van der Waals surface area contributed by atoms with Gasteiger partial charge in [0.05, 0.1) is 6.20 Å². The first kappa shape index (κ1) is 30.9. The number of hydrogen-bond donors (Lipinski definition) is 2. The van der Waals surface area contributed by atoms with Crippen molar-refractivity contribution in [1.82, 2.24) is 19.8 Å². The van der Waals surface area contributed by atoms with Gasteiger partial charge in [-0.3, -0.25) is 4.90 Å². The van der Waals surface area contributed by atoms with Gasteiger partial charge in [-0.05, 0) is 71.1 Å². The molecule has 2 saturated heterocycles. The first-order valence-electron chi connectivity index (χ1n) is 15.0. The number of nitrogens with one attached hydrogen (secondary N) is 1. The van der Waals surface area contributed by atoms with Crippen LogP contribution in [0.25, 0.3) is 0 Å². The Morgan fingerprint density at radius 1 is 0.976 bits per heavy atom. The molecule has 12 nitrogen and oxygen atoms in total. The summed E-state index contributed by atoms with van der Waals surface area (Å²) >= 11 is 0. The van der Waals surface area contributed by atoms with Gasteiger partial charge < -0.3 is 29.9 Å². The molecular formula is C30H43N7O5. The highest BCUT2D eigenvalue weighted by Crippen LogP contribution is 2.30. The number of urea groups is 1. The van der Waals surface area contributed by atoms with Gasteiger partial charge in [-0.1, -0.05) is 12.1 Å². The number of carbonyl (C=O) groups excluding carboxylic acids is 2. The number of likely N-dealkylation sites (tertiary alicyclic amines) is 2. The van der Waals surface area contributed by atoms with Gasteiger partial charge in [0.2, 0.25) is 5.95 Å². The minimum absolute atomic E-state index is 0.140. The van der Waals surface area contributed by atoms with Gasteiger partial charge in [-0.25, -0.2) is 19.4 Å². The molecule has 2 N–H and O–H groups in total. The Labute approximate surface area is 247 Å². The number of hydrogen-bond acceptors (Lipinski definition) is 8. The van der Waals surface area contributed by atoms with E-state index in [0.717, 1.165) is 31.2 Å². The van der Waals surface area contributed by atoms with Gasteiger partial charge >= 0.3 is 18.1 Å². The van der Waals surface area contributed by atoms with Crippen molar-refractivity contribution in [2.24, 2.45) is 0 Å². The van der Waals surface area contributed by atoms with E-state index in [1.54, 1.807) is 40.3 Å². The number of carbonyl (C=O) groups is 3. The molecule has 0 radical (unpaired) electrons. The van der Waals surface area contributed by atoms with Crippen LogP contribution in [-0.4, -0.2) is 94.3 Å². The van der Waals surface area contributed by atoms with E-state index in [2.05, 4.69) is 10.3 Å². The largest absolute Gasteiger partial charge is 0.480 e. The molecule has 12 heteroatoms. The Hall–Kier alpha value is -4.09. The summed E-state index contributed by atoms with van der Waals surface area (Å²) in [5.41, 5.74) is 1.18. The lowest BCUT2D eigenvalue weighted by Gasteiger charge is -2.33. The highest BCUT2D eigenvalue weighted by Gasteiger charge is 2.31. The van der Waals surface area contributed by atoms with Crippen molar-refractivity contribution in [2.75, 3.05) is 54.4 Å². The quantitative estimate of drug-likeness (QED) is 0.395. The van der Waals surface area contributed by atoms with Crippen molar-refractivity contribution in [3.63, 3.8) is 0 Å². The van der Waals surface area contributed by atoms with Crippen LogP contribution < -0.4 is 19.9 Å². The minimum atomic E-state index is -1.06. The van der Waals surface area contributed by atoms with E-state index in [1.165, 1.54) is 0 Å². The van der Waals surface area contributed by atoms with Crippen LogP contribution in [0.15, 0.2) is 30.5 Å². The second-order valence-electron chi connectivity index (χ2n) is 11.0. The summed E-state index contributed by atoms with van der Waals surface area (Å²) in [6.45, 7) is 11.9. The second kappa shape index (κ2) is 14.2. The van der Waals surface area contributed by atoms with E-state index in [1.807, 2.05) is 37.5 Å².